The molecule has 0 atom stereocenters. The van der Waals surface area contributed by atoms with Gasteiger partial charge in [-0.3, -0.25) is 0 Å². The van der Waals surface area contributed by atoms with E-state index in [-0.39, 0.29) is 0 Å². The highest BCUT2D eigenvalue weighted by Crippen LogP contribution is 2.33. The molecule has 0 radical (unpaired) electrons. The van der Waals surface area contributed by atoms with Crippen LogP contribution in [0.15, 0.2) is 72.9 Å². The second-order valence-electron chi connectivity index (χ2n) is 4.70. The normalized spacial score (nSPS) is 12.9. The molecule has 0 aromatic carbocycles. The summed E-state index contributed by atoms with van der Waals surface area (Å²) in [4.78, 5) is 10.1. The first-order valence-electron chi connectivity index (χ1n) is 6.63. The number of thioether (sulfide) groups is 1. The topological polar surface area (TPSA) is 51.8 Å². The predicted molar refractivity (Wildman–Crippen MR) is 93.2 cm³/mol. The van der Waals surface area contributed by atoms with Crippen LogP contribution in [0.4, 0.5) is 0 Å². The van der Waals surface area contributed by atoms with Gasteiger partial charge in [-0.15, -0.1) is 0 Å². The van der Waals surface area contributed by atoms with Gasteiger partial charge in [-0.25, -0.2) is 9.97 Å². The maximum atomic E-state index is 5.64. The van der Waals surface area contributed by atoms with Crippen LogP contribution in [0.2, 0.25) is 0 Å². The Labute approximate surface area is 131 Å². The third-order valence-electron chi connectivity index (χ3n) is 2.38. The van der Waals surface area contributed by atoms with E-state index in [1.54, 1.807) is 36.3 Å². The maximum Gasteiger partial charge on any atom is 0.115 e. The number of rotatable bonds is 7. The van der Waals surface area contributed by atoms with Gasteiger partial charge in [0.25, 0.3) is 0 Å². The monoisotopic (exact) mass is 299 g/mol. The summed E-state index contributed by atoms with van der Waals surface area (Å²) in [5.41, 5.74) is 7.26. The molecule has 1 rings (SSSR count). The van der Waals surface area contributed by atoms with Crippen molar-refractivity contribution in [3.63, 3.8) is 0 Å². The third-order valence-corrected chi connectivity index (χ3v) is 3.37. The molecule has 1 aromatic rings. The van der Waals surface area contributed by atoms with Crippen molar-refractivity contribution in [2.75, 3.05) is 0 Å². The van der Waals surface area contributed by atoms with E-state index in [1.165, 1.54) is 6.33 Å². The molecule has 0 unspecified atom stereocenters. The van der Waals surface area contributed by atoms with E-state index in [4.69, 9.17) is 5.73 Å². The molecule has 4 heteroatoms. The Morgan fingerprint density at radius 2 is 2.00 bits per heavy atom. The van der Waals surface area contributed by atoms with Crippen LogP contribution in [0.25, 0.3) is 4.91 Å². The average molecular weight is 299 g/mol. The molecule has 0 aliphatic carbocycles. The lowest BCUT2D eigenvalue weighted by molar-refractivity contribution is 0.835. The van der Waals surface area contributed by atoms with Crippen molar-refractivity contribution in [1.82, 2.24) is 9.97 Å². The molecule has 0 saturated heterocycles. The van der Waals surface area contributed by atoms with E-state index >= 15 is 0 Å². The van der Waals surface area contributed by atoms with Crippen LogP contribution in [0, 0.1) is 5.92 Å². The Morgan fingerprint density at radius 1 is 1.33 bits per heavy atom. The van der Waals surface area contributed by atoms with Gasteiger partial charge >= 0.3 is 0 Å². The molecule has 3 nitrogen and oxygen atoms in total. The molecule has 110 valence electrons. The van der Waals surface area contributed by atoms with E-state index in [0.717, 1.165) is 15.4 Å². The molecule has 0 saturated carbocycles. The van der Waals surface area contributed by atoms with Gasteiger partial charge < -0.3 is 5.73 Å². The molecular weight excluding hydrogens is 278 g/mol. The van der Waals surface area contributed by atoms with Gasteiger partial charge in [-0.1, -0.05) is 50.9 Å². The molecule has 0 aliphatic heterocycles. The first kappa shape index (κ1) is 17.0. The number of hydrogen-bond acceptors (Lipinski definition) is 4. The summed E-state index contributed by atoms with van der Waals surface area (Å²) < 4.78 is 0. The summed E-state index contributed by atoms with van der Waals surface area (Å²) in [5.74, 6) is 0.431. The maximum absolute atomic E-state index is 5.64. The van der Waals surface area contributed by atoms with Crippen LogP contribution in [-0.2, 0) is 0 Å². The van der Waals surface area contributed by atoms with Gasteiger partial charge in [0.1, 0.15) is 6.33 Å². The zero-order valence-corrected chi connectivity index (χ0v) is 13.3. The van der Waals surface area contributed by atoms with Gasteiger partial charge in [-0.05, 0) is 24.1 Å². The van der Waals surface area contributed by atoms with E-state index in [1.807, 2.05) is 12.2 Å². The van der Waals surface area contributed by atoms with E-state index in [2.05, 4.69) is 43.0 Å². The van der Waals surface area contributed by atoms with E-state index in [9.17, 15) is 0 Å². The Morgan fingerprint density at radius 3 is 2.57 bits per heavy atom. The van der Waals surface area contributed by atoms with Gasteiger partial charge in [-0.2, -0.15) is 0 Å². The fraction of sp³-hybridized carbons (Fsp3) is 0.176. The molecule has 21 heavy (non-hydrogen) atoms. The standard InChI is InChI=1S/C17H21N3S/c1-5-16(18)8-6-7-14(4)21-17(9-13(2)3)15-10-19-12-20-11-15/h5-13H,1,4,18H2,2-3H3/b7-6+,16-8+,17-9-. The first-order valence-corrected chi connectivity index (χ1v) is 7.44. The second-order valence-corrected chi connectivity index (χ2v) is 5.87. The molecule has 1 heterocycles. The van der Waals surface area contributed by atoms with Crippen LogP contribution >= 0.6 is 11.8 Å². The van der Waals surface area contributed by atoms with Crippen LogP contribution in [0.1, 0.15) is 19.4 Å². The van der Waals surface area contributed by atoms with Crippen LogP contribution in [0.5, 0.6) is 0 Å². The molecule has 1 aromatic heterocycles. The SMILES string of the molecule is C=C/C(N)=C\C=C\C(=C)S/C(=C\C(C)C)c1cncnc1. The Bertz CT molecular complexity index is 569. The number of nitrogens with zero attached hydrogens (tertiary/aromatic N) is 2. The quantitative estimate of drug-likeness (QED) is 0.762. The van der Waals surface area contributed by atoms with Crippen LogP contribution < -0.4 is 5.73 Å². The number of allylic oxidation sites excluding steroid dienone is 5. The minimum absolute atomic E-state index is 0.431. The highest BCUT2D eigenvalue weighted by Gasteiger charge is 2.05. The fourth-order valence-electron chi connectivity index (χ4n) is 1.43. The van der Waals surface area contributed by atoms with Crippen molar-refractivity contribution in [2.24, 2.45) is 11.7 Å². The number of nitrogens with two attached hydrogens (primary N) is 1. The smallest absolute Gasteiger partial charge is 0.115 e. The fourth-order valence-corrected chi connectivity index (χ4v) is 2.42. The lowest BCUT2D eigenvalue weighted by atomic mass is 10.2. The summed E-state index contributed by atoms with van der Waals surface area (Å²) >= 11 is 1.59. The molecule has 2 N–H and O–H groups in total. The van der Waals surface area contributed by atoms with Crippen LogP contribution in [0.3, 0.4) is 0 Å². The Balaban J connectivity index is 2.84. The third kappa shape index (κ3) is 6.77. The molecule has 0 amide bonds. The van der Waals surface area contributed by atoms with Crippen molar-refractivity contribution >= 4 is 16.7 Å². The van der Waals surface area contributed by atoms with Crippen molar-refractivity contribution in [2.45, 2.75) is 13.8 Å². The summed E-state index contributed by atoms with van der Waals surface area (Å²) in [6.45, 7) is 11.9. The lowest BCUT2D eigenvalue weighted by Gasteiger charge is -2.08. The molecule has 0 bridgehead atoms. The van der Waals surface area contributed by atoms with Crippen molar-refractivity contribution in [1.29, 1.82) is 0 Å². The second kappa shape index (κ2) is 8.97. The van der Waals surface area contributed by atoms with Crippen molar-refractivity contribution in [3.05, 3.63) is 78.4 Å². The number of hydrogen-bond donors (Lipinski definition) is 1. The molecule has 0 fully saturated rings. The summed E-state index contributed by atoms with van der Waals surface area (Å²) in [6, 6.07) is 0. The predicted octanol–water partition coefficient (Wildman–Crippen LogP) is 4.31. The van der Waals surface area contributed by atoms with Crippen molar-refractivity contribution < 1.29 is 0 Å². The molecule has 0 aliphatic rings. The summed E-state index contributed by atoms with van der Waals surface area (Å²) in [6.07, 6.45) is 14.5. The zero-order chi connectivity index (χ0) is 15.7. The highest BCUT2D eigenvalue weighted by atomic mass is 32.2. The zero-order valence-electron chi connectivity index (χ0n) is 12.5. The first-order chi connectivity index (χ1) is 10.0. The Hall–Kier alpha value is -2.07. The van der Waals surface area contributed by atoms with Gasteiger partial charge in [0.05, 0.1) is 0 Å². The lowest BCUT2D eigenvalue weighted by Crippen LogP contribution is -1.90. The highest BCUT2D eigenvalue weighted by molar-refractivity contribution is 8.11. The molecule has 0 spiro atoms. The van der Waals surface area contributed by atoms with Gasteiger partial charge in [0.2, 0.25) is 0 Å². The Kier molecular flexibility index (Phi) is 7.26. The van der Waals surface area contributed by atoms with Crippen LogP contribution in [-0.4, -0.2) is 9.97 Å². The summed E-state index contributed by atoms with van der Waals surface area (Å²) in [7, 11) is 0. The van der Waals surface area contributed by atoms with Gasteiger partial charge in [0.15, 0.2) is 0 Å². The van der Waals surface area contributed by atoms with Crippen molar-refractivity contribution in [3.8, 4) is 0 Å². The largest absolute Gasteiger partial charge is 0.399 e. The average Bonchev–Trinajstić information content (AvgIpc) is 2.46. The van der Waals surface area contributed by atoms with Gasteiger partial charge in [0, 0.05) is 33.5 Å². The van der Waals surface area contributed by atoms with E-state index < -0.39 is 0 Å². The number of aromatic nitrogens is 2. The minimum Gasteiger partial charge on any atom is -0.399 e. The van der Waals surface area contributed by atoms with E-state index in [0.29, 0.717) is 11.6 Å². The summed E-state index contributed by atoms with van der Waals surface area (Å²) in [5, 5.41) is 0. The minimum atomic E-state index is 0.431. The molecular formula is C17H21N3S.